The molecule has 1 aromatic carbocycles. The number of nitrogens with zero attached hydrogens (tertiary/aromatic N) is 2. The van der Waals surface area contributed by atoms with Crippen molar-refractivity contribution >= 4 is 22.8 Å². The van der Waals surface area contributed by atoms with Crippen LogP contribution in [-0.4, -0.2) is 29.7 Å². The third-order valence-corrected chi connectivity index (χ3v) is 3.38. The van der Waals surface area contributed by atoms with Gasteiger partial charge in [0, 0.05) is 19.2 Å². The summed E-state index contributed by atoms with van der Waals surface area (Å²) in [6, 6.07) is 4.79. The summed E-state index contributed by atoms with van der Waals surface area (Å²) in [6.07, 6.45) is 2.20. The monoisotopic (exact) mass is 277 g/mol. The average molecular weight is 277 g/mol. The quantitative estimate of drug-likeness (QED) is 0.682. The van der Waals surface area contributed by atoms with Crippen molar-refractivity contribution in [3.63, 3.8) is 0 Å². The molecule has 1 aromatic heterocycles. The molecule has 7 heteroatoms. The summed E-state index contributed by atoms with van der Waals surface area (Å²) in [5, 5.41) is 13.8. The number of hydrogen-bond acceptors (Lipinski definition) is 6. The van der Waals surface area contributed by atoms with Gasteiger partial charge in [0.15, 0.2) is 5.58 Å². The average Bonchev–Trinajstić information content (AvgIpc) is 2.88. The zero-order chi connectivity index (χ0) is 13.9. The standard InChI is InChI=1S/C13H15N3O4/c17-16(18)10-3-4-11-12(6-10)20-13(15-11)14-7-9-2-1-5-19-8-9/h3-4,6,9H,1-2,5,7-8H2,(H,14,15). The molecule has 0 bridgehead atoms. The summed E-state index contributed by atoms with van der Waals surface area (Å²) in [6.45, 7) is 2.32. The van der Waals surface area contributed by atoms with Crippen LogP contribution in [0.3, 0.4) is 0 Å². The fourth-order valence-corrected chi connectivity index (χ4v) is 2.30. The van der Waals surface area contributed by atoms with E-state index in [0.717, 1.165) is 32.6 Å². The number of fused-ring (bicyclic) bond motifs is 1. The van der Waals surface area contributed by atoms with Crippen molar-refractivity contribution < 1.29 is 14.1 Å². The van der Waals surface area contributed by atoms with E-state index in [9.17, 15) is 10.1 Å². The zero-order valence-electron chi connectivity index (χ0n) is 10.9. The van der Waals surface area contributed by atoms with Gasteiger partial charge in [-0.15, -0.1) is 0 Å². The molecule has 1 saturated heterocycles. The van der Waals surface area contributed by atoms with Crippen LogP contribution < -0.4 is 5.32 Å². The summed E-state index contributed by atoms with van der Waals surface area (Å²) in [5.74, 6) is 0.452. The van der Waals surface area contributed by atoms with Gasteiger partial charge in [-0.05, 0) is 24.8 Å². The first-order valence-corrected chi connectivity index (χ1v) is 6.59. The number of anilines is 1. The lowest BCUT2D eigenvalue weighted by Gasteiger charge is -2.21. The molecule has 7 nitrogen and oxygen atoms in total. The van der Waals surface area contributed by atoms with E-state index in [1.165, 1.54) is 12.1 Å². The van der Waals surface area contributed by atoms with E-state index in [4.69, 9.17) is 9.15 Å². The number of non-ortho nitro benzene ring substituents is 1. The zero-order valence-corrected chi connectivity index (χ0v) is 10.9. The van der Waals surface area contributed by atoms with Crippen LogP contribution in [0.4, 0.5) is 11.7 Å². The molecule has 3 rings (SSSR count). The number of ether oxygens (including phenoxy) is 1. The minimum atomic E-state index is -0.450. The molecular formula is C13H15N3O4. The first kappa shape index (κ1) is 12.9. The third kappa shape index (κ3) is 2.72. The Morgan fingerprint density at radius 2 is 2.40 bits per heavy atom. The highest BCUT2D eigenvalue weighted by molar-refractivity contribution is 5.77. The Hall–Kier alpha value is -2.15. The Morgan fingerprint density at radius 1 is 1.50 bits per heavy atom. The number of nitro benzene ring substituents is 1. The molecule has 0 saturated carbocycles. The second-order valence-corrected chi connectivity index (χ2v) is 4.89. The molecule has 1 atom stereocenters. The van der Waals surface area contributed by atoms with Crippen LogP contribution in [0.2, 0.25) is 0 Å². The van der Waals surface area contributed by atoms with Crippen molar-refractivity contribution in [2.75, 3.05) is 25.1 Å². The van der Waals surface area contributed by atoms with Gasteiger partial charge < -0.3 is 14.5 Å². The van der Waals surface area contributed by atoms with Crippen LogP contribution in [0.5, 0.6) is 0 Å². The minimum Gasteiger partial charge on any atom is -0.423 e. The van der Waals surface area contributed by atoms with Crippen LogP contribution in [0.1, 0.15) is 12.8 Å². The van der Waals surface area contributed by atoms with Crippen molar-refractivity contribution in [2.45, 2.75) is 12.8 Å². The van der Waals surface area contributed by atoms with Gasteiger partial charge >= 0.3 is 0 Å². The highest BCUT2D eigenvalue weighted by Crippen LogP contribution is 2.24. The predicted octanol–water partition coefficient (Wildman–Crippen LogP) is 2.57. The number of benzene rings is 1. The molecule has 0 amide bonds. The Bertz CT molecular complexity index is 619. The molecule has 2 heterocycles. The molecule has 2 aromatic rings. The van der Waals surface area contributed by atoms with Gasteiger partial charge in [0.25, 0.3) is 11.7 Å². The highest BCUT2D eigenvalue weighted by Gasteiger charge is 2.15. The first-order valence-electron chi connectivity index (χ1n) is 6.59. The Labute approximate surface area is 115 Å². The smallest absolute Gasteiger partial charge is 0.295 e. The molecule has 0 aliphatic carbocycles. The van der Waals surface area contributed by atoms with Gasteiger partial charge in [0.05, 0.1) is 17.6 Å². The largest absolute Gasteiger partial charge is 0.423 e. The van der Waals surface area contributed by atoms with Crippen LogP contribution in [-0.2, 0) is 4.74 Å². The number of nitrogens with one attached hydrogen (secondary N) is 1. The summed E-state index contributed by atoms with van der Waals surface area (Å²) in [4.78, 5) is 14.5. The van der Waals surface area contributed by atoms with Gasteiger partial charge in [-0.25, -0.2) is 0 Å². The van der Waals surface area contributed by atoms with E-state index in [-0.39, 0.29) is 5.69 Å². The first-order chi connectivity index (χ1) is 9.72. The molecule has 1 N–H and O–H groups in total. The Balaban J connectivity index is 1.70. The predicted molar refractivity (Wildman–Crippen MR) is 72.7 cm³/mol. The third-order valence-electron chi connectivity index (χ3n) is 3.38. The van der Waals surface area contributed by atoms with Crippen molar-refractivity contribution in [3.8, 4) is 0 Å². The summed E-state index contributed by atoms with van der Waals surface area (Å²) in [7, 11) is 0. The van der Waals surface area contributed by atoms with E-state index in [1.54, 1.807) is 6.07 Å². The van der Waals surface area contributed by atoms with Gasteiger partial charge in [-0.2, -0.15) is 4.98 Å². The van der Waals surface area contributed by atoms with Gasteiger partial charge in [-0.3, -0.25) is 10.1 Å². The van der Waals surface area contributed by atoms with E-state index in [2.05, 4.69) is 10.3 Å². The maximum atomic E-state index is 10.7. The number of hydrogen-bond donors (Lipinski definition) is 1. The fraction of sp³-hybridized carbons (Fsp3) is 0.462. The van der Waals surface area contributed by atoms with Gasteiger partial charge in [0.1, 0.15) is 5.52 Å². The lowest BCUT2D eigenvalue weighted by atomic mass is 10.0. The van der Waals surface area contributed by atoms with E-state index < -0.39 is 4.92 Å². The fourth-order valence-electron chi connectivity index (χ4n) is 2.30. The SMILES string of the molecule is O=[N+]([O-])c1ccc2nc(NCC3CCCOC3)oc2c1. The summed E-state index contributed by atoms with van der Waals surface area (Å²) < 4.78 is 10.9. The van der Waals surface area contributed by atoms with Crippen LogP contribution >= 0.6 is 0 Å². The van der Waals surface area contributed by atoms with Crippen LogP contribution in [0, 0.1) is 16.0 Å². The number of nitro groups is 1. The van der Waals surface area contributed by atoms with E-state index in [0.29, 0.717) is 23.0 Å². The van der Waals surface area contributed by atoms with Crippen LogP contribution in [0.25, 0.3) is 11.1 Å². The molecule has 0 spiro atoms. The molecule has 1 aliphatic rings. The molecule has 1 fully saturated rings. The molecule has 1 aliphatic heterocycles. The normalized spacial score (nSPS) is 19.1. The lowest BCUT2D eigenvalue weighted by molar-refractivity contribution is -0.384. The number of aromatic nitrogens is 1. The van der Waals surface area contributed by atoms with E-state index >= 15 is 0 Å². The second kappa shape index (κ2) is 5.46. The molecular weight excluding hydrogens is 262 g/mol. The molecule has 106 valence electrons. The van der Waals surface area contributed by atoms with Crippen molar-refractivity contribution in [1.82, 2.24) is 4.98 Å². The highest BCUT2D eigenvalue weighted by atomic mass is 16.6. The summed E-state index contributed by atoms with van der Waals surface area (Å²) >= 11 is 0. The lowest BCUT2D eigenvalue weighted by Crippen LogP contribution is -2.24. The maximum Gasteiger partial charge on any atom is 0.295 e. The Morgan fingerprint density at radius 3 is 3.15 bits per heavy atom. The summed E-state index contributed by atoms with van der Waals surface area (Å²) in [5.41, 5.74) is 1.03. The maximum absolute atomic E-state index is 10.7. The molecule has 20 heavy (non-hydrogen) atoms. The number of rotatable bonds is 4. The van der Waals surface area contributed by atoms with Crippen molar-refractivity contribution in [1.29, 1.82) is 0 Å². The topological polar surface area (TPSA) is 90.4 Å². The van der Waals surface area contributed by atoms with Gasteiger partial charge in [0.2, 0.25) is 0 Å². The number of oxazole rings is 1. The van der Waals surface area contributed by atoms with Crippen molar-refractivity contribution in [3.05, 3.63) is 28.3 Å². The second-order valence-electron chi connectivity index (χ2n) is 4.89. The van der Waals surface area contributed by atoms with Crippen LogP contribution in [0.15, 0.2) is 22.6 Å². The van der Waals surface area contributed by atoms with Crippen molar-refractivity contribution in [2.24, 2.45) is 5.92 Å². The Kier molecular flexibility index (Phi) is 3.51. The van der Waals surface area contributed by atoms with Gasteiger partial charge in [-0.1, -0.05) is 0 Å². The minimum absolute atomic E-state index is 0.000815. The molecule has 0 radical (unpaired) electrons. The molecule has 1 unspecified atom stereocenters. The van der Waals surface area contributed by atoms with E-state index in [1.807, 2.05) is 0 Å².